The summed E-state index contributed by atoms with van der Waals surface area (Å²) in [5.74, 6) is -0.176. The molecule has 0 heterocycles. The van der Waals surface area contributed by atoms with Gasteiger partial charge in [0.25, 0.3) is 0 Å². The molecular weight excluding hydrogens is 258 g/mol. The number of benzene rings is 1. The molecule has 20 heavy (non-hydrogen) atoms. The molecule has 0 aromatic heterocycles. The summed E-state index contributed by atoms with van der Waals surface area (Å²) in [6.45, 7) is 0. The van der Waals surface area contributed by atoms with Crippen LogP contribution in [-0.4, -0.2) is 24.6 Å². The van der Waals surface area contributed by atoms with Gasteiger partial charge in [0.1, 0.15) is 0 Å². The van der Waals surface area contributed by atoms with E-state index in [1.165, 1.54) is 7.11 Å². The molecule has 6 nitrogen and oxygen atoms in total. The Morgan fingerprint density at radius 2 is 1.80 bits per heavy atom. The maximum absolute atomic E-state index is 12.2. The summed E-state index contributed by atoms with van der Waals surface area (Å²) in [4.78, 5) is 23.3. The Labute approximate surface area is 117 Å². The van der Waals surface area contributed by atoms with Crippen molar-refractivity contribution in [3.8, 4) is 0 Å². The van der Waals surface area contributed by atoms with Gasteiger partial charge in [-0.05, 0) is 31.0 Å². The number of rotatable bonds is 3. The zero-order valence-corrected chi connectivity index (χ0v) is 11.4. The molecule has 108 valence electrons. The van der Waals surface area contributed by atoms with Crippen molar-refractivity contribution >= 4 is 23.4 Å². The van der Waals surface area contributed by atoms with E-state index in [2.05, 4.69) is 15.4 Å². The number of carbonyl (C=O) groups excluding carboxylic acids is 2. The minimum Gasteiger partial charge on any atom is -0.453 e. The third kappa shape index (κ3) is 3.27. The first-order valence-electron chi connectivity index (χ1n) is 6.59. The summed E-state index contributed by atoms with van der Waals surface area (Å²) in [6.07, 6.45) is 2.82. The third-order valence-corrected chi connectivity index (χ3v) is 3.50. The predicted octanol–water partition coefficient (Wildman–Crippen LogP) is 2.07. The first-order chi connectivity index (χ1) is 9.53. The van der Waals surface area contributed by atoms with Crippen molar-refractivity contribution in [1.29, 1.82) is 0 Å². The van der Waals surface area contributed by atoms with E-state index in [0.29, 0.717) is 24.2 Å². The van der Waals surface area contributed by atoms with E-state index >= 15 is 0 Å². The largest absolute Gasteiger partial charge is 0.453 e. The van der Waals surface area contributed by atoms with Crippen molar-refractivity contribution < 1.29 is 14.3 Å². The van der Waals surface area contributed by atoms with Crippen LogP contribution in [0.2, 0.25) is 0 Å². The molecule has 4 N–H and O–H groups in total. The van der Waals surface area contributed by atoms with Gasteiger partial charge in [0, 0.05) is 11.4 Å². The highest BCUT2D eigenvalue weighted by molar-refractivity contribution is 5.98. The number of ether oxygens (including phenoxy) is 1. The van der Waals surface area contributed by atoms with Crippen molar-refractivity contribution in [1.82, 2.24) is 0 Å². The minimum atomic E-state index is -0.772. The second kappa shape index (κ2) is 5.92. The molecule has 1 fully saturated rings. The first-order valence-corrected chi connectivity index (χ1v) is 6.59. The fourth-order valence-electron chi connectivity index (χ4n) is 2.33. The van der Waals surface area contributed by atoms with Crippen LogP contribution in [-0.2, 0) is 9.53 Å². The fraction of sp³-hybridized carbons (Fsp3) is 0.429. The number of hydrogen-bond acceptors (Lipinski definition) is 4. The smallest absolute Gasteiger partial charge is 0.411 e. The average Bonchev–Trinajstić information content (AvgIpc) is 2.87. The average molecular weight is 277 g/mol. The molecule has 0 aliphatic heterocycles. The van der Waals surface area contributed by atoms with Crippen LogP contribution >= 0.6 is 0 Å². The van der Waals surface area contributed by atoms with E-state index in [0.717, 1.165) is 12.8 Å². The van der Waals surface area contributed by atoms with E-state index in [9.17, 15) is 9.59 Å². The van der Waals surface area contributed by atoms with Crippen LogP contribution in [0.4, 0.5) is 16.2 Å². The lowest BCUT2D eigenvalue weighted by Crippen LogP contribution is -2.48. The number of methoxy groups -OCH3 is 1. The van der Waals surface area contributed by atoms with E-state index in [-0.39, 0.29) is 5.91 Å². The number of nitrogens with one attached hydrogen (secondary N) is 2. The molecular formula is C14H19N3O3. The zero-order chi connectivity index (χ0) is 14.6. The first kappa shape index (κ1) is 14.3. The van der Waals surface area contributed by atoms with Crippen molar-refractivity contribution in [3.63, 3.8) is 0 Å². The highest BCUT2D eigenvalue weighted by Crippen LogP contribution is 2.28. The molecule has 0 unspecified atom stereocenters. The summed E-state index contributed by atoms with van der Waals surface area (Å²) in [5.41, 5.74) is 6.46. The van der Waals surface area contributed by atoms with Crippen molar-refractivity contribution in [2.45, 2.75) is 31.2 Å². The molecule has 1 saturated carbocycles. The van der Waals surface area contributed by atoms with Gasteiger partial charge in [0.15, 0.2) is 0 Å². The van der Waals surface area contributed by atoms with Gasteiger partial charge in [-0.2, -0.15) is 0 Å². The Kier molecular flexibility index (Phi) is 4.24. The Hall–Kier alpha value is -2.08. The van der Waals surface area contributed by atoms with Crippen LogP contribution in [0.1, 0.15) is 25.7 Å². The van der Waals surface area contributed by atoms with Gasteiger partial charge in [0.05, 0.1) is 12.6 Å². The molecule has 0 radical (unpaired) electrons. The maximum Gasteiger partial charge on any atom is 0.411 e. The third-order valence-electron chi connectivity index (χ3n) is 3.50. The Bertz CT molecular complexity index is 510. The van der Waals surface area contributed by atoms with Gasteiger partial charge in [-0.25, -0.2) is 4.79 Å². The molecule has 1 aromatic carbocycles. The summed E-state index contributed by atoms with van der Waals surface area (Å²) in [7, 11) is 1.29. The second-order valence-electron chi connectivity index (χ2n) is 5.01. The van der Waals surface area contributed by atoms with Crippen LogP contribution in [0.3, 0.4) is 0 Å². The molecule has 2 rings (SSSR count). The topological polar surface area (TPSA) is 93.5 Å². The predicted molar refractivity (Wildman–Crippen MR) is 76.5 cm³/mol. The zero-order valence-electron chi connectivity index (χ0n) is 11.4. The Morgan fingerprint density at radius 3 is 2.40 bits per heavy atom. The molecule has 0 bridgehead atoms. The van der Waals surface area contributed by atoms with Gasteiger partial charge >= 0.3 is 6.09 Å². The lowest BCUT2D eigenvalue weighted by Gasteiger charge is -2.22. The van der Waals surface area contributed by atoms with Gasteiger partial charge in [0.2, 0.25) is 5.91 Å². The van der Waals surface area contributed by atoms with Crippen LogP contribution in [0, 0.1) is 0 Å². The molecule has 0 spiro atoms. The quantitative estimate of drug-likeness (QED) is 0.788. The highest BCUT2D eigenvalue weighted by Gasteiger charge is 2.36. The van der Waals surface area contributed by atoms with Crippen molar-refractivity contribution in [3.05, 3.63) is 24.3 Å². The highest BCUT2D eigenvalue weighted by atomic mass is 16.5. The van der Waals surface area contributed by atoms with E-state index in [1.807, 2.05) is 0 Å². The normalized spacial score (nSPS) is 16.5. The summed E-state index contributed by atoms with van der Waals surface area (Å²) in [6, 6.07) is 6.85. The van der Waals surface area contributed by atoms with Crippen LogP contribution in [0.25, 0.3) is 0 Å². The lowest BCUT2D eigenvalue weighted by atomic mass is 9.98. The summed E-state index contributed by atoms with van der Waals surface area (Å²) in [5, 5.41) is 5.34. The Morgan fingerprint density at radius 1 is 1.20 bits per heavy atom. The van der Waals surface area contributed by atoms with E-state index in [4.69, 9.17) is 5.73 Å². The fourth-order valence-corrected chi connectivity index (χ4v) is 2.33. The second-order valence-corrected chi connectivity index (χ2v) is 5.01. The van der Waals surface area contributed by atoms with Crippen LogP contribution in [0.15, 0.2) is 24.3 Å². The van der Waals surface area contributed by atoms with Crippen molar-refractivity contribution in [2.24, 2.45) is 5.73 Å². The summed E-state index contributed by atoms with van der Waals surface area (Å²) >= 11 is 0. The Balaban J connectivity index is 2.04. The molecule has 0 saturated heterocycles. The SMILES string of the molecule is COC(=O)Nc1cccc(NC(=O)C2(N)CCCC2)c1. The lowest BCUT2D eigenvalue weighted by molar-refractivity contribution is -0.121. The number of amides is 2. The number of hydrogen-bond donors (Lipinski definition) is 3. The monoisotopic (exact) mass is 277 g/mol. The molecule has 1 aliphatic carbocycles. The molecule has 2 amide bonds. The maximum atomic E-state index is 12.2. The number of carbonyl (C=O) groups is 2. The minimum absolute atomic E-state index is 0.176. The van der Waals surface area contributed by atoms with Crippen molar-refractivity contribution in [2.75, 3.05) is 17.7 Å². The number of anilines is 2. The van der Waals surface area contributed by atoms with Gasteiger partial charge in [-0.3, -0.25) is 10.1 Å². The van der Waals surface area contributed by atoms with Gasteiger partial charge in [-0.15, -0.1) is 0 Å². The number of nitrogens with two attached hydrogens (primary N) is 1. The molecule has 1 aliphatic rings. The standard InChI is InChI=1S/C14H19N3O3/c1-20-13(19)17-11-6-4-5-10(9-11)16-12(18)14(15)7-2-3-8-14/h4-6,9H,2-3,7-8,15H2,1H3,(H,16,18)(H,17,19). The molecule has 0 atom stereocenters. The van der Waals surface area contributed by atoms with E-state index in [1.54, 1.807) is 24.3 Å². The molecule has 6 heteroatoms. The van der Waals surface area contributed by atoms with Crippen LogP contribution < -0.4 is 16.4 Å². The molecule has 1 aromatic rings. The van der Waals surface area contributed by atoms with E-state index < -0.39 is 11.6 Å². The van der Waals surface area contributed by atoms with Gasteiger partial charge in [-0.1, -0.05) is 18.9 Å². The van der Waals surface area contributed by atoms with Crippen LogP contribution in [0.5, 0.6) is 0 Å². The summed E-state index contributed by atoms with van der Waals surface area (Å²) < 4.78 is 4.52. The van der Waals surface area contributed by atoms with Gasteiger partial charge < -0.3 is 15.8 Å².